The van der Waals surface area contributed by atoms with Crippen molar-refractivity contribution in [1.82, 2.24) is 5.32 Å². The lowest BCUT2D eigenvalue weighted by molar-refractivity contribution is -0.115. The molecule has 1 fully saturated rings. The van der Waals surface area contributed by atoms with Gasteiger partial charge in [0.25, 0.3) is 5.91 Å². The Morgan fingerprint density at radius 2 is 1.84 bits per heavy atom. The number of carbonyl (C=O) groups excluding carboxylic acids is 1. The maximum atomic E-state index is 12.2. The van der Waals surface area contributed by atoms with Crippen molar-refractivity contribution >= 4 is 34.6 Å². The third-order valence-electron chi connectivity index (χ3n) is 4.00. The predicted octanol–water partition coefficient (Wildman–Crippen LogP) is 5.14. The second-order valence-electron chi connectivity index (χ2n) is 6.00. The van der Waals surface area contributed by atoms with E-state index in [-0.39, 0.29) is 5.91 Å². The van der Waals surface area contributed by atoms with Gasteiger partial charge in [-0.05, 0) is 66.9 Å². The molecule has 126 valence electrons. The van der Waals surface area contributed by atoms with Crippen LogP contribution in [0.1, 0.15) is 23.6 Å². The molecule has 25 heavy (non-hydrogen) atoms. The summed E-state index contributed by atoms with van der Waals surface area (Å²) in [5.41, 5.74) is 5.35. The first-order valence-electron chi connectivity index (χ1n) is 8.12. The molecule has 3 rings (SSSR count). The third kappa shape index (κ3) is 4.28. The quantitative estimate of drug-likeness (QED) is 0.780. The number of allylic oxidation sites excluding steroid dienone is 2. The monoisotopic (exact) mass is 348 g/mol. The Balaban J connectivity index is 1.81. The number of aryl methyl sites for hydroxylation is 1. The molecule has 1 aliphatic rings. The molecule has 2 aromatic rings. The molecule has 1 aliphatic heterocycles. The van der Waals surface area contributed by atoms with Gasteiger partial charge in [-0.1, -0.05) is 48.5 Å². The summed E-state index contributed by atoms with van der Waals surface area (Å²) < 4.78 is 0. The van der Waals surface area contributed by atoms with E-state index in [1.807, 2.05) is 62.4 Å². The van der Waals surface area contributed by atoms with E-state index >= 15 is 0 Å². The zero-order chi connectivity index (χ0) is 17.8. The SMILES string of the molecule is CC(=C/c1ccccc1)/C=C1\SC(=Nc2cccc(C)c2C)NC1=O. The molecule has 3 nitrogen and oxygen atoms in total. The molecule has 0 atom stereocenters. The Kier molecular flexibility index (Phi) is 5.19. The topological polar surface area (TPSA) is 41.5 Å². The van der Waals surface area contributed by atoms with E-state index in [1.54, 1.807) is 0 Å². The number of hydrogen-bond acceptors (Lipinski definition) is 3. The summed E-state index contributed by atoms with van der Waals surface area (Å²) in [4.78, 5) is 17.5. The lowest BCUT2D eigenvalue weighted by Gasteiger charge is -2.04. The molecule has 1 amide bonds. The Bertz CT molecular complexity index is 895. The summed E-state index contributed by atoms with van der Waals surface area (Å²) in [6.45, 7) is 6.09. The van der Waals surface area contributed by atoms with Gasteiger partial charge in [0.05, 0.1) is 10.6 Å². The Hall–Kier alpha value is -2.59. The van der Waals surface area contributed by atoms with Crippen LogP contribution in [0.4, 0.5) is 5.69 Å². The summed E-state index contributed by atoms with van der Waals surface area (Å²) in [6.07, 6.45) is 3.96. The fourth-order valence-corrected chi connectivity index (χ4v) is 3.39. The van der Waals surface area contributed by atoms with E-state index in [9.17, 15) is 4.79 Å². The first-order chi connectivity index (χ1) is 12.0. The van der Waals surface area contributed by atoms with E-state index < -0.39 is 0 Å². The molecule has 0 aliphatic carbocycles. The second-order valence-corrected chi connectivity index (χ2v) is 7.03. The van der Waals surface area contributed by atoms with Gasteiger partial charge >= 0.3 is 0 Å². The molecular formula is C21H20N2OS. The van der Waals surface area contributed by atoms with Gasteiger partial charge < -0.3 is 5.32 Å². The molecule has 0 bridgehead atoms. The normalized spacial score (nSPS) is 18.0. The number of amides is 1. The summed E-state index contributed by atoms with van der Waals surface area (Å²) in [6, 6.07) is 16.1. The Morgan fingerprint density at radius 1 is 1.08 bits per heavy atom. The number of hydrogen-bond donors (Lipinski definition) is 1. The minimum Gasteiger partial charge on any atom is -0.300 e. The standard InChI is InChI=1S/C21H20N2OS/c1-14(12-17-9-5-4-6-10-17)13-19-20(24)23-21(25-19)22-18-11-7-8-15(2)16(18)3/h4-13H,1-3H3,(H,22,23,24)/b14-12-,19-13-. The fourth-order valence-electron chi connectivity index (χ4n) is 2.51. The molecule has 2 aromatic carbocycles. The van der Waals surface area contributed by atoms with Gasteiger partial charge in [-0.25, -0.2) is 4.99 Å². The molecule has 0 saturated carbocycles. The van der Waals surface area contributed by atoms with Crippen molar-refractivity contribution in [1.29, 1.82) is 0 Å². The molecule has 0 aromatic heterocycles. The number of amidine groups is 1. The average Bonchev–Trinajstić information content (AvgIpc) is 2.92. The second kappa shape index (κ2) is 7.53. The van der Waals surface area contributed by atoms with Crippen molar-refractivity contribution in [2.75, 3.05) is 0 Å². The zero-order valence-corrected chi connectivity index (χ0v) is 15.4. The predicted molar refractivity (Wildman–Crippen MR) is 107 cm³/mol. The molecule has 4 heteroatoms. The molecule has 1 saturated heterocycles. The maximum Gasteiger partial charge on any atom is 0.264 e. The van der Waals surface area contributed by atoms with E-state index in [4.69, 9.17) is 0 Å². The van der Waals surface area contributed by atoms with E-state index in [0.717, 1.165) is 22.4 Å². The van der Waals surface area contributed by atoms with Gasteiger partial charge in [-0.2, -0.15) is 0 Å². The minimum atomic E-state index is -0.102. The highest BCUT2D eigenvalue weighted by Crippen LogP contribution is 2.29. The molecule has 1 N–H and O–H groups in total. The number of nitrogens with one attached hydrogen (secondary N) is 1. The van der Waals surface area contributed by atoms with Gasteiger partial charge in [-0.15, -0.1) is 0 Å². The highest BCUT2D eigenvalue weighted by molar-refractivity contribution is 8.18. The summed E-state index contributed by atoms with van der Waals surface area (Å²) in [7, 11) is 0. The molecule has 0 radical (unpaired) electrons. The first-order valence-corrected chi connectivity index (χ1v) is 8.94. The third-order valence-corrected chi connectivity index (χ3v) is 4.91. The number of nitrogens with zero attached hydrogens (tertiary/aromatic N) is 1. The van der Waals surface area contributed by atoms with Crippen LogP contribution in [-0.2, 0) is 4.79 Å². The highest BCUT2D eigenvalue weighted by atomic mass is 32.2. The lowest BCUT2D eigenvalue weighted by Crippen LogP contribution is -2.19. The van der Waals surface area contributed by atoms with Crippen LogP contribution in [0.3, 0.4) is 0 Å². The van der Waals surface area contributed by atoms with Crippen molar-refractivity contribution in [2.45, 2.75) is 20.8 Å². The van der Waals surface area contributed by atoms with Gasteiger partial charge in [0, 0.05) is 0 Å². The summed E-state index contributed by atoms with van der Waals surface area (Å²) in [5.74, 6) is -0.102. The molecule has 0 spiro atoms. The van der Waals surface area contributed by atoms with Crippen LogP contribution < -0.4 is 5.32 Å². The van der Waals surface area contributed by atoms with Crippen LogP contribution in [0.2, 0.25) is 0 Å². The number of aliphatic imine (C=N–C) groups is 1. The smallest absolute Gasteiger partial charge is 0.264 e. The first kappa shape index (κ1) is 17.2. The van der Waals surface area contributed by atoms with Gasteiger partial charge in [0.1, 0.15) is 0 Å². The number of rotatable bonds is 3. The van der Waals surface area contributed by atoms with Crippen molar-refractivity contribution in [3.63, 3.8) is 0 Å². The van der Waals surface area contributed by atoms with Gasteiger partial charge in [-0.3, -0.25) is 4.79 Å². The van der Waals surface area contributed by atoms with Crippen LogP contribution in [0.5, 0.6) is 0 Å². The summed E-state index contributed by atoms with van der Waals surface area (Å²) >= 11 is 1.38. The van der Waals surface area contributed by atoms with Gasteiger partial charge in [0.2, 0.25) is 0 Å². The molecule has 1 heterocycles. The van der Waals surface area contributed by atoms with Crippen LogP contribution in [0.25, 0.3) is 6.08 Å². The summed E-state index contributed by atoms with van der Waals surface area (Å²) in [5, 5.41) is 3.47. The highest BCUT2D eigenvalue weighted by Gasteiger charge is 2.23. The lowest BCUT2D eigenvalue weighted by atomic mass is 10.1. The minimum absolute atomic E-state index is 0.102. The maximum absolute atomic E-state index is 12.2. The fraction of sp³-hybridized carbons (Fsp3) is 0.143. The van der Waals surface area contributed by atoms with Crippen molar-refractivity contribution in [3.8, 4) is 0 Å². The van der Waals surface area contributed by atoms with Crippen LogP contribution in [-0.4, -0.2) is 11.1 Å². The van der Waals surface area contributed by atoms with E-state index in [2.05, 4.69) is 29.4 Å². The van der Waals surface area contributed by atoms with E-state index in [0.29, 0.717) is 10.1 Å². The Labute approximate surface area is 152 Å². The number of thioether (sulfide) groups is 1. The van der Waals surface area contributed by atoms with Gasteiger partial charge in [0.15, 0.2) is 5.17 Å². The number of carbonyl (C=O) groups is 1. The van der Waals surface area contributed by atoms with Crippen molar-refractivity contribution in [2.24, 2.45) is 4.99 Å². The van der Waals surface area contributed by atoms with Crippen LogP contribution in [0, 0.1) is 13.8 Å². The average molecular weight is 348 g/mol. The largest absolute Gasteiger partial charge is 0.300 e. The Morgan fingerprint density at radius 3 is 2.60 bits per heavy atom. The van der Waals surface area contributed by atoms with E-state index in [1.165, 1.54) is 17.3 Å². The van der Waals surface area contributed by atoms with Crippen molar-refractivity contribution in [3.05, 3.63) is 81.8 Å². The molecular weight excluding hydrogens is 328 g/mol. The van der Waals surface area contributed by atoms with Crippen LogP contribution >= 0.6 is 11.8 Å². The van der Waals surface area contributed by atoms with Crippen molar-refractivity contribution < 1.29 is 4.79 Å². The molecule has 0 unspecified atom stereocenters. The number of benzene rings is 2. The van der Waals surface area contributed by atoms with Crippen LogP contribution in [0.15, 0.2) is 70.1 Å². The zero-order valence-electron chi connectivity index (χ0n) is 14.5.